The number of benzene rings is 1. The first-order chi connectivity index (χ1) is 9.85. The third kappa shape index (κ3) is 4.74. The smallest absolute Gasteiger partial charge is 0.226 e. The average molecular weight is 310 g/mol. The highest BCUT2D eigenvalue weighted by atomic mass is 32.2. The number of sulfone groups is 1. The number of amides is 1. The zero-order valence-electron chi connectivity index (χ0n) is 12.4. The van der Waals surface area contributed by atoms with Gasteiger partial charge in [-0.3, -0.25) is 4.79 Å². The fourth-order valence-corrected chi connectivity index (χ4v) is 3.94. The second kappa shape index (κ2) is 6.47. The van der Waals surface area contributed by atoms with E-state index in [2.05, 4.69) is 10.6 Å². The minimum absolute atomic E-state index is 0.0194. The molecule has 1 aliphatic rings. The quantitative estimate of drug-likeness (QED) is 0.894. The molecule has 0 bridgehead atoms. The maximum absolute atomic E-state index is 11.6. The maximum atomic E-state index is 11.6. The Morgan fingerprint density at radius 2 is 1.81 bits per heavy atom. The van der Waals surface area contributed by atoms with E-state index in [1.54, 1.807) is 0 Å². The molecular weight excluding hydrogens is 288 g/mol. The molecule has 6 heteroatoms. The van der Waals surface area contributed by atoms with Crippen LogP contribution in [-0.4, -0.2) is 31.9 Å². The van der Waals surface area contributed by atoms with Gasteiger partial charge >= 0.3 is 0 Å². The highest BCUT2D eigenvalue weighted by Crippen LogP contribution is 2.19. The predicted octanol–water partition coefficient (Wildman–Crippen LogP) is 2.27. The van der Waals surface area contributed by atoms with E-state index in [1.165, 1.54) is 0 Å². The molecule has 1 atom stereocenters. The van der Waals surface area contributed by atoms with Crippen LogP contribution in [0.3, 0.4) is 0 Å². The Balaban J connectivity index is 1.95. The Labute approximate surface area is 126 Å². The van der Waals surface area contributed by atoms with Gasteiger partial charge in [0, 0.05) is 23.3 Å². The molecule has 0 spiro atoms. The summed E-state index contributed by atoms with van der Waals surface area (Å²) in [5.74, 6) is 0.411. The van der Waals surface area contributed by atoms with E-state index in [9.17, 15) is 13.2 Å². The normalized spacial score (nSPS) is 21.0. The standard InChI is InChI=1S/C15H22N2O3S/c1-11(2)15(18)17-13-7-5-12(6-8-13)16-14-4-3-9-21(19,20)10-14/h5-8,11,14,16H,3-4,9-10H2,1-2H3,(H,17,18). The molecule has 1 aliphatic heterocycles. The monoisotopic (exact) mass is 310 g/mol. The zero-order valence-corrected chi connectivity index (χ0v) is 13.2. The molecule has 1 saturated heterocycles. The number of carbonyl (C=O) groups is 1. The molecule has 1 heterocycles. The van der Waals surface area contributed by atoms with Crippen molar-refractivity contribution in [3.63, 3.8) is 0 Å². The molecule has 1 fully saturated rings. The summed E-state index contributed by atoms with van der Waals surface area (Å²) < 4.78 is 23.2. The molecule has 21 heavy (non-hydrogen) atoms. The van der Waals surface area contributed by atoms with Gasteiger partial charge in [-0.05, 0) is 37.1 Å². The Morgan fingerprint density at radius 3 is 2.38 bits per heavy atom. The molecule has 0 radical (unpaired) electrons. The molecule has 1 unspecified atom stereocenters. The van der Waals surface area contributed by atoms with Crippen molar-refractivity contribution in [2.45, 2.75) is 32.7 Å². The first-order valence-corrected chi connectivity index (χ1v) is 9.06. The van der Waals surface area contributed by atoms with Crippen LogP contribution in [0.15, 0.2) is 24.3 Å². The summed E-state index contributed by atoms with van der Waals surface area (Å²) in [5, 5.41) is 6.07. The molecule has 116 valence electrons. The van der Waals surface area contributed by atoms with E-state index in [0.717, 1.165) is 17.8 Å². The van der Waals surface area contributed by atoms with E-state index in [-0.39, 0.29) is 23.6 Å². The summed E-state index contributed by atoms with van der Waals surface area (Å²) in [6.07, 6.45) is 1.58. The Morgan fingerprint density at radius 1 is 1.19 bits per heavy atom. The molecule has 1 aromatic carbocycles. The van der Waals surface area contributed by atoms with E-state index in [4.69, 9.17) is 0 Å². The van der Waals surface area contributed by atoms with Gasteiger partial charge in [-0.2, -0.15) is 0 Å². The average Bonchev–Trinajstić information content (AvgIpc) is 2.39. The van der Waals surface area contributed by atoms with Gasteiger partial charge in [-0.25, -0.2) is 8.42 Å². The van der Waals surface area contributed by atoms with Crippen LogP contribution in [0, 0.1) is 5.92 Å². The Hall–Kier alpha value is -1.56. The van der Waals surface area contributed by atoms with Crippen molar-refractivity contribution in [3.05, 3.63) is 24.3 Å². The summed E-state index contributed by atoms with van der Waals surface area (Å²) in [4.78, 5) is 11.6. The number of rotatable bonds is 4. The van der Waals surface area contributed by atoms with Crippen molar-refractivity contribution in [2.75, 3.05) is 22.1 Å². The summed E-state index contributed by atoms with van der Waals surface area (Å²) >= 11 is 0. The molecule has 0 aliphatic carbocycles. The van der Waals surface area contributed by atoms with Gasteiger partial charge in [-0.1, -0.05) is 13.8 Å². The van der Waals surface area contributed by atoms with Gasteiger partial charge in [0.2, 0.25) is 5.91 Å². The molecular formula is C15H22N2O3S. The number of hydrogen-bond acceptors (Lipinski definition) is 4. The summed E-state index contributed by atoms with van der Waals surface area (Å²) in [6.45, 7) is 3.68. The van der Waals surface area contributed by atoms with Crippen LogP contribution in [-0.2, 0) is 14.6 Å². The Kier molecular flexibility index (Phi) is 4.88. The number of hydrogen-bond donors (Lipinski definition) is 2. The third-order valence-corrected chi connectivity index (χ3v) is 5.33. The van der Waals surface area contributed by atoms with Crippen molar-refractivity contribution in [2.24, 2.45) is 5.92 Å². The highest BCUT2D eigenvalue weighted by Gasteiger charge is 2.24. The van der Waals surface area contributed by atoms with E-state index >= 15 is 0 Å². The summed E-state index contributed by atoms with van der Waals surface area (Å²) in [7, 11) is -2.91. The summed E-state index contributed by atoms with van der Waals surface area (Å²) in [6, 6.07) is 7.33. The number of anilines is 2. The van der Waals surface area contributed by atoms with E-state index < -0.39 is 9.84 Å². The lowest BCUT2D eigenvalue weighted by Gasteiger charge is -2.24. The lowest BCUT2D eigenvalue weighted by atomic mass is 10.1. The van der Waals surface area contributed by atoms with Gasteiger partial charge in [0.15, 0.2) is 9.84 Å². The molecule has 0 aromatic heterocycles. The van der Waals surface area contributed by atoms with Crippen molar-refractivity contribution in [1.29, 1.82) is 0 Å². The van der Waals surface area contributed by atoms with E-state index in [1.807, 2.05) is 38.1 Å². The van der Waals surface area contributed by atoms with Crippen LogP contribution in [0.1, 0.15) is 26.7 Å². The van der Waals surface area contributed by atoms with Crippen molar-refractivity contribution in [3.8, 4) is 0 Å². The van der Waals surface area contributed by atoms with Crippen molar-refractivity contribution >= 4 is 27.1 Å². The van der Waals surface area contributed by atoms with Crippen LogP contribution in [0.4, 0.5) is 11.4 Å². The van der Waals surface area contributed by atoms with Crippen molar-refractivity contribution in [1.82, 2.24) is 0 Å². The van der Waals surface area contributed by atoms with Gasteiger partial charge < -0.3 is 10.6 Å². The van der Waals surface area contributed by atoms with Crippen molar-refractivity contribution < 1.29 is 13.2 Å². The first-order valence-electron chi connectivity index (χ1n) is 7.23. The maximum Gasteiger partial charge on any atom is 0.226 e. The van der Waals surface area contributed by atoms with E-state index in [0.29, 0.717) is 12.2 Å². The van der Waals surface area contributed by atoms with Crippen LogP contribution >= 0.6 is 0 Å². The molecule has 5 nitrogen and oxygen atoms in total. The lowest BCUT2D eigenvalue weighted by molar-refractivity contribution is -0.118. The molecule has 2 rings (SSSR count). The van der Waals surface area contributed by atoms with Gasteiger partial charge in [0.05, 0.1) is 11.5 Å². The van der Waals surface area contributed by atoms with Gasteiger partial charge in [0.25, 0.3) is 0 Å². The highest BCUT2D eigenvalue weighted by molar-refractivity contribution is 7.91. The zero-order chi connectivity index (χ0) is 15.5. The third-order valence-electron chi connectivity index (χ3n) is 3.51. The fraction of sp³-hybridized carbons (Fsp3) is 0.533. The number of nitrogens with one attached hydrogen (secondary N) is 2. The van der Waals surface area contributed by atoms with Crippen LogP contribution in [0.2, 0.25) is 0 Å². The Bertz CT molecular complexity index is 594. The van der Waals surface area contributed by atoms with Crippen LogP contribution in [0.25, 0.3) is 0 Å². The van der Waals surface area contributed by atoms with Crippen LogP contribution < -0.4 is 10.6 Å². The molecule has 1 amide bonds. The molecule has 0 saturated carbocycles. The van der Waals surface area contributed by atoms with Crippen LogP contribution in [0.5, 0.6) is 0 Å². The molecule has 2 N–H and O–H groups in total. The SMILES string of the molecule is CC(C)C(=O)Nc1ccc(NC2CCCS(=O)(=O)C2)cc1. The first kappa shape index (κ1) is 15.8. The fourth-order valence-electron chi connectivity index (χ4n) is 2.31. The minimum Gasteiger partial charge on any atom is -0.381 e. The van der Waals surface area contributed by atoms with Gasteiger partial charge in [-0.15, -0.1) is 0 Å². The predicted molar refractivity (Wildman–Crippen MR) is 85.2 cm³/mol. The summed E-state index contributed by atoms with van der Waals surface area (Å²) in [5.41, 5.74) is 1.62. The minimum atomic E-state index is -2.91. The second-order valence-electron chi connectivity index (χ2n) is 5.82. The largest absolute Gasteiger partial charge is 0.381 e. The molecule has 1 aromatic rings. The topological polar surface area (TPSA) is 75.3 Å². The lowest BCUT2D eigenvalue weighted by Crippen LogP contribution is -2.34. The number of carbonyl (C=O) groups excluding carboxylic acids is 1. The second-order valence-corrected chi connectivity index (χ2v) is 8.05. The van der Waals surface area contributed by atoms with Gasteiger partial charge in [0.1, 0.15) is 0 Å².